The van der Waals surface area contributed by atoms with Crippen LogP contribution in [0.5, 0.6) is 11.5 Å². The second-order valence-corrected chi connectivity index (χ2v) is 6.47. The standard InChI is InChI=1S/C21H23N3O4/c1-14(2)27-18-10-6-16(7-11-18)19-23-21(28-24-19)20(25)22-13-12-15-4-8-17(26-3)9-5-15/h4-11,14H,12-13H2,1-3H3,(H,22,25). The highest BCUT2D eigenvalue weighted by Crippen LogP contribution is 2.20. The van der Waals surface area contributed by atoms with Crippen LogP contribution >= 0.6 is 0 Å². The second-order valence-electron chi connectivity index (χ2n) is 6.47. The quantitative estimate of drug-likeness (QED) is 0.643. The van der Waals surface area contributed by atoms with Crippen LogP contribution in [0.15, 0.2) is 53.1 Å². The first kappa shape index (κ1) is 19.4. The maximum Gasteiger partial charge on any atom is 0.316 e. The fraction of sp³-hybridized carbons (Fsp3) is 0.286. The molecule has 7 heteroatoms. The van der Waals surface area contributed by atoms with Gasteiger partial charge in [0.25, 0.3) is 0 Å². The van der Waals surface area contributed by atoms with Gasteiger partial charge in [0.2, 0.25) is 5.82 Å². The number of carbonyl (C=O) groups excluding carboxylic acids is 1. The molecule has 1 amide bonds. The number of aromatic nitrogens is 2. The van der Waals surface area contributed by atoms with E-state index in [1.807, 2.05) is 62.4 Å². The van der Waals surface area contributed by atoms with Crippen molar-refractivity contribution in [1.82, 2.24) is 15.5 Å². The summed E-state index contributed by atoms with van der Waals surface area (Å²) in [6.45, 7) is 4.39. The van der Waals surface area contributed by atoms with Crippen molar-refractivity contribution in [3.8, 4) is 22.9 Å². The summed E-state index contributed by atoms with van der Waals surface area (Å²) in [5.41, 5.74) is 1.84. The van der Waals surface area contributed by atoms with Gasteiger partial charge in [-0.1, -0.05) is 17.3 Å². The molecule has 0 atom stereocenters. The summed E-state index contributed by atoms with van der Waals surface area (Å²) in [6.07, 6.45) is 0.790. The van der Waals surface area contributed by atoms with Crippen LogP contribution in [0.1, 0.15) is 30.1 Å². The third-order valence-corrected chi connectivity index (χ3v) is 3.96. The summed E-state index contributed by atoms with van der Waals surface area (Å²) in [5.74, 6) is 1.46. The average molecular weight is 381 g/mol. The number of nitrogens with zero attached hydrogens (tertiary/aromatic N) is 2. The third-order valence-electron chi connectivity index (χ3n) is 3.96. The highest BCUT2D eigenvalue weighted by atomic mass is 16.5. The molecule has 1 aromatic heterocycles. The lowest BCUT2D eigenvalue weighted by atomic mass is 10.1. The molecule has 0 unspecified atom stereocenters. The minimum Gasteiger partial charge on any atom is -0.497 e. The number of hydrogen-bond donors (Lipinski definition) is 1. The Morgan fingerprint density at radius 2 is 1.75 bits per heavy atom. The lowest BCUT2D eigenvalue weighted by molar-refractivity contribution is 0.0910. The lowest BCUT2D eigenvalue weighted by Crippen LogP contribution is -2.26. The summed E-state index contributed by atoms with van der Waals surface area (Å²) in [7, 11) is 1.63. The monoisotopic (exact) mass is 381 g/mol. The molecular weight excluding hydrogens is 358 g/mol. The van der Waals surface area contributed by atoms with Crippen LogP contribution in [0.2, 0.25) is 0 Å². The topological polar surface area (TPSA) is 86.5 Å². The molecule has 3 aromatic rings. The van der Waals surface area contributed by atoms with Crippen molar-refractivity contribution in [3.05, 3.63) is 60.0 Å². The van der Waals surface area contributed by atoms with Crippen LogP contribution in [-0.4, -0.2) is 35.8 Å². The van der Waals surface area contributed by atoms with E-state index < -0.39 is 5.91 Å². The minimum absolute atomic E-state index is 0.0627. The van der Waals surface area contributed by atoms with Crippen LogP contribution < -0.4 is 14.8 Å². The Morgan fingerprint density at radius 1 is 1.07 bits per heavy atom. The maximum absolute atomic E-state index is 12.2. The van der Waals surface area contributed by atoms with Crippen molar-refractivity contribution in [1.29, 1.82) is 0 Å². The zero-order chi connectivity index (χ0) is 19.9. The van der Waals surface area contributed by atoms with E-state index in [4.69, 9.17) is 14.0 Å². The Labute approximate surface area is 163 Å². The van der Waals surface area contributed by atoms with Crippen molar-refractivity contribution in [3.63, 3.8) is 0 Å². The molecule has 0 saturated carbocycles. The summed E-state index contributed by atoms with van der Waals surface area (Å²) >= 11 is 0. The Morgan fingerprint density at radius 3 is 2.39 bits per heavy atom. The minimum atomic E-state index is -0.396. The number of methoxy groups -OCH3 is 1. The van der Waals surface area contributed by atoms with Gasteiger partial charge in [0.05, 0.1) is 13.2 Å². The van der Waals surface area contributed by atoms with Crippen LogP contribution in [0, 0.1) is 0 Å². The molecular formula is C21H23N3O4. The molecule has 0 radical (unpaired) electrons. The highest BCUT2D eigenvalue weighted by Gasteiger charge is 2.15. The van der Waals surface area contributed by atoms with Gasteiger partial charge in [0.1, 0.15) is 11.5 Å². The van der Waals surface area contributed by atoms with E-state index in [2.05, 4.69) is 15.5 Å². The van der Waals surface area contributed by atoms with Gasteiger partial charge in [-0.25, -0.2) is 0 Å². The number of carbonyl (C=O) groups is 1. The Bertz CT molecular complexity index is 902. The normalized spacial score (nSPS) is 10.7. The summed E-state index contributed by atoms with van der Waals surface area (Å²) < 4.78 is 15.8. The number of nitrogens with one attached hydrogen (secondary N) is 1. The predicted molar refractivity (Wildman–Crippen MR) is 105 cm³/mol. The largest absolute Gasteiger partial charge is 0.497 e. The molecule has 7 nitrogen and oxygen atoms in total. The maximum atomic E-state index is 12.2. The Hall–Kier alpha value is -3.35. The zero-order valence-corrected chi connectivity index (χ0v) is 16.1. The zero-order valence-electron chi connectivity index (χ0n) is 16.1. The van der Waals surface area contributed by atoms with Gasteiger partial charge in [0, 0.05) is 12.1 Å². The van der Waals surface area contributed by atoms with Crippen LogP contribution in [0.3, 0.4) is 0 Å². The summed E-state index contributed by atoms with van der Waals surface area (Å²) in [6, 6.07) is 15.0. The summed E-state index contributed by atoms with van der Waals surface area (Å²) in [4.78, 5) is 16.4. The van der Waals surface area contributed by atoms with Gasteiger partial charge in [-0.3, -0.25) is 4.79 Å². The van der Waals surface area contributed by atoms with Crippen molar-refractivity contribution in [2.45, 2.75) is 26.4 Å². The molecule has 0 fully saturated rings. The van der Waals surface area contributed by atoms with Crippen molar-refractivity contribution in [2.75, 3.05) is 13.7 Å². The fourth-order valence-electron chi connectivity index (χ4n) is 2.58. The number of ether oxygens (including phenoxy) is 2. The molecule has 0 saturated heterocycles. The van der Waals surface area contributed by atoms with E-state index in [0.29, 0.717) is 18.8 Å². The molecule has 0 bridgehead atoms. The smallest absolute Gasteiger partial charge is 0.316 e. The van der Waals surface area contributed by atoms with Crippen molar-refractivity contribution >= 4 is 5.91 Å². The lowest BCUT2D eigenvalue weighted by Gasteiger charge is -2.09. The molecule has 146 valence electrons. The number of amides is 1. The van der Waals surface area contributed by atoms with E-state index in [1.165, 1.54) is 0 Å². The number of benzene rings is 2. The van der Waals surface area contributed by atoms with E-state index >= 15 is 0 Å². The fourth-order valence-corrected chi connectivity index (χ4v) is 2.58. The molecule has 0 aliphatic rings. The SMILES string of the molecule is COc1ccc(CCNC(=O)c2nc(-c3ccc(OC(C)C)cc3)no2)cc1. The molecule has 1 N–H and O–H groups in total. The third kappa shape index (κ3) is 5.09. The molecule has 0 spiro atoms. The van der Waals surface area contributed by atoms with Gasteiger partial charge in [-0.2, -0.15) is 4.98 Å². The van der Waals surface area contributed by atoms with Gasteiger partial charge < -0.3 is 19.3 Å². The van der Waals surface area contributed by atoms with Crippen molar-refractivity contribution < 1.29 is 18.8 Å². The first-order chi connectivity index (χ1) is 13.5. The first-order valence-corrected chi connectivity index (χ1v) is 9.07. The molecule has 0 aliphatic heterocycles. The Balaban J connectivity index is 1.54. The van der Waals surface area contributed by atoms with Crippen molar-refractivity contribution in [2.24, 2.45) is 0 Å². The van der Waals surface area contributed by atoms with E-state index in [-0.39, 0.29) is 12.0 Å². The average Bonchev–Trinajstić information content (AvgIpc) is 3.19. The van der Waals surface area contributed by atoms with Crippen LogP contribution in [0.4, 0.5) is 0 Å². The molecule has 28 heavy (non-hydrogen) atoms. The molecule has 2 aromatic carbocycles. The number of rotatable bonds is 8. The van der Waals surface area contributed by atoms with E-state index in [9.17, 15) is 4.79 Å². The van der Waals surface area contributed by atoms with Gasteiger partial charge in [-0.15, -0.1) is 0 Å². The second kappa shape index (κ2) is 9.03. The first-order valence-electron chi connectivity index (χ1n) is 9.07. The molecule has 0 aliphatic carbocycles. The number of hydrogen-bond acceptors (Lipinski definition) is 6. The summed E-state index contributed by atoms with van der Waals surface area (Å²) in [5, 5.41) is 6.67. The van der Waals surface area contributed by atoms with E-state index in [1.54, 1.807) is 7.11 Å². The van der Waals surface area contributed by atoms with Crippen LogP contribution in [-0.2, 0) is 6.42 Å². The van der Waals surface area contributed by atoms with Gasteiger partial charge >= 0.3 is 11.8 Å². The Kier molecular flexibility index (Phi) is 6.26. The van der Waals surface area contributed by atoms with Gasteiger partial charge in [-0.05, 0) is 62.2 Å². The van der Waals surface area contributed by atoms with E-state index in [0.717, 1.165) is 22.6 Å². The van der Waals surface area contributed by atoms with Gasteiger partial charge in [0.15, 0.2) is 0 Å². The highest BCUT2D eigenvalue weighted by molar-refractivity contribution is 5.89. The molecule has 3 rings (SSSR count). The molecule has 1 heterocycles. The predicted octanol–water partition coefficient (Wildman–Crippen LogP) is 3.50. The van der Waals surface area contributed by atoms with Crippen LogP contribution in [0.25, 0.3) is 11.4 Å².